The van der Waals surface area contributed by atoms with E-state index < -0.39 is 0 Å². The summed E-state index contributed by atoms with van der Waals surface area (Å²) in [5.74, 6) is 0.736. The molecular formula is C25H24Cl2N2O5. The van der Waals surface area contributed by atoms with Crippen molar-refractivity contribution in [1.29, 1.82) is 0 Å². The summed E-state index contributed by atoms with van der Waals surface area (Å²) in [6.07, 6.45) is 0.679. The minimum atomic E-state index is -0.293. The van der Waals surface area contributed by atoms with E-state index in [1.807, 2.05) is 6.07 Å². The SMILES string of the molecule is COc1cc(NC(=O)c2ccccc2)c(OC)cc1NC(=O)CCCOc1ccc(Cl)cc1Cl. The number of carbonyl (C=O) groups is 2. The Morgan fingerprint density at radius 2 is 1.47 bits per heavy atom. The highest BCUT2D eigenvalue weighted by Crippen LogP contribution is 2.37. The first kappa shape index (κ1) is 25.2. The van der Waals surface area contributed by atoms with Gasteiger partial charge in [0.25, 0.3) is 5.91 Å². The van der Waals surface area contributed by atoms with E-state index in [4.69, 9.17) is 37.4 Å². The number of rotatable bonds is 10. The fourth-order valence-corrected chi connectivity index (χ4v) is 3.56. The predicted octanol–water partition coefficient (Wildman–Crippen LogP) is 6.06. The van der Waals surface area contributed by atoms with Crippen LogP contribution in [0.3, 0.4) is 0 Å². The zero-order valence-corrected chi connectivity index (χ0v) is 20.2. The molecule has 3 aromatic carbocycles. The Labute approximate surface area is 207 Å². The molecule has 2 amide bonds. The van der Waals surface area contributed by atoms with Crippen molar-refractivity contribution in [2.24, 2.45) is 0 Å². The van der Waals surface area contributed by atoms with E-state index >= 15 is 0 Å². The molecule has 0 aliphatic heterocycles. The van der Waals surface area contributed by atoms with Crippen LogP contribution in [0.15, 0.2) is 60.7 Å². The predicted molar refractivity (Wildman–Crippen MR) is 134 cm³/mol. The summed E-state index contributed by atoms with van der Waals surface area (Å²) in [6.45, 7) is 0.305. The van der Waals surface area contributed by atoms with E-state index in [9.17, 15) is 9.59 Å². The second-order valence-electron chi connectivity index (χ2n) is 7.15. The lowest BCUT2D eigenvalue weighted by molar-refractivity contribution is -0.116. The second-order valence-corrected chi connectivity index (χ2v) is 7.99. The van der Waals surface area contributed by atoms with Crippen LogP contribution in [0.5, 0.6) is 17.2 Å². The highest BCUT2D eigenvalue weighted by molar-refractivity contribution is 6.35. The van der Waals surface area contributed by atoms with Gasteiger partial charge in [-0.3, -0.25) is 9.59 Å². The van der Waals surface area contributed by atoms with Crippen molar-refractivity contribution in [3.05, 3.63) is 76.3 Å². The zero-order chi connectivity index (χ0) is 24.5. The van der Waals surface area contributed by atoms with E-state index in [2.05, 4.69) is 10.6 Å². The van der Waals surface area contributed by atoms with Gasteiger partial charge in [-0.1, -0.05) is 41.4 Å². The standard InChI is InChI=1S/C25H24Cl2N2O5/c1-32-22-15-20(29-25(31)16-7-4-3-5-8-16)23(33-2)14-19(22)28-24(30)9-6-12-34-21-11-10-17(26)13-18(21)27/h3-5,7-8,10-11,13-15H,6,9,12H2,1-2H3,(H,28,30)(H,29,31). The minimum absolute atomic E-state index is 0.211. The highest BCUT2D eigenvalue weighted by atomic mass is 35.5. The Balaban J connectivity index is 1.61. The molecule has 2 N–H and O–H groups in total. The molecule has 0 bridgehead atoms. The fourth-order valence-electron chi connectivity index (χ4n) is 3.10. The molecule has 0 unspecified atom stereocenters. The van der Waals surface area contributed by atoms with Gasteiger partial charge in [0, 0.05) is 29.1 Å². The zero-order valence-electron chi connectivity index (χ0n) is 18.7. The summed E-state index contributed by atoms with van der Waals surface area (Å²) < 4.78 is 16.4. The van der Waals surface area contributed by atoms with Crippen molar-refractivity contribution >= 4 is 46.4 Å². The molecule has 0 aromatic heterocycles. The maximum absolute atomic E-state index is 12.5. The van der Waals surface area contributed by atoms with Crippen molar-refractivity contribution in [3.8, 4) is 17.2 Å². The first-order valence-electron chi connectivity index (χ1n) is 10.4. The number of methoxy groups -OCH3 is 2. The first-order chi connectivity index (χ1) is 16.4. The average Bonchev–Trinajstić information content (AvgIpc) is 2.84. The third-order valence-electron chi connectivity index (χ3n) is 4.78. The van der Waals surface area contributed by atoms with Gasteiger partial charge < -0.3 is 24.8 Å². The Morgan fingerprint density at radius 1 is 0.824 bits per heavy atom. The van der Waals surface area contributed by atoms with Gasteiger partial charge in [-0.25, -0.2) is 0 Å². The van der Waals surface area contributed by atoms with Gasteiger partial charge in [0.15, 0.2) is 0 Å². The topological polar surface area (TPSA) is 85.9 Å². The summed E-state index contributed by atoms with van der Waals surface area (Å²) >= 11 is 12.0. The number of nitrogens with one attached hydrogen (secondary N) is 2. The van der Waals surface area contributed by atoms with Crippen LogP contribution in [0, 0.1) is 0 Å². The summed E-state index contributed by atoms with van der Waals surface area (Å²) in [5.41, 5.74) is 1.34. The maximum Gasteiger partial charge on any atom is 0.255 e. The minimum Gasteiger partial charge on any atom is -0.494 e. The molecule has 34 heavy (non-hydrogen) atoms. The van der Waals surface area contributed by atoms with Crippen LogP contribution < -0.4 is 24.8 Å². The summed E-state index contributed by atoms with van der Waals surface area (Å²) in [6, 6.07) is 17.0. The smallest absolute Gasteiger partial charge is 0.255 e. The maximum atomic E-state index is 12.5. The number of anilines is 2. The van der Waals surface area contributed by atoms with Crippen LogP contribution in [0.25, 0.3) is 0 Å². The molecule has 0 spiro atoms. The number of hydrogen-bond donors (Lipinski definition) is 2. The molecule has 7 nitrogen and oxygen atoms in total. The van der Waals surface area contributed by atoms with Crippen LogP contribution in [-0.4, -0.2) is 32.6 Å². The molecule has 0 heterocycles. The third kappa shape index (κ3) is 6.79. The molecule has 178 valence electrons. The number of halogens is 2. The average molecular weight is 503 g/mol. The quantitative estimate of drug-likeness (QED) is 0.329. The Hall–Kier alpha value is -3.42. The Kier molecular flexibility index (Phi) is 9.01. The van der Waals surface area contributed by atoms with Crippen LogP contribution in [0.1, 0.15) is 23.2 Å². The summed E-state index contributed by atoms with van der Waals surface area (Å²) in [5, 5.41) is 6.55. The lowest BCUT2D eigenvalue weighted by Crippen LogP contribution is -2.15. The van der Waals surface area contributed by atoms with Crippen molar-refractivity contribution in [1.82, 2.24) is 0 Å². The molecule has 0 saturated carbocycles. The van der Waals surface area contributed by atoms with Crippen LogP contribution >= 0.6 is 23.2 Å². The van der Waals surface area contributed by atoms with Gasteiger partial charge >= 0.3 is 0 Å². The molecule has 0 radical (unpaired) electrons. The fraction of sp³-hybridized carbons (Fsp3) is 0.200. The molecule has 3 rings (SSSR count). The molecular weight excluding hydrogens is 479 g/mol. The number of carbonyl (C=O) groups excluding carboxylic acids is 2. The van der Waals surface area contributed by atoms with Gasteiger partial charge in [-0.05, 0) is 36.8 Å². The largest absolute Gasteiger partial charge is 0.494 e. The number of benzene rings is 3. The number of ether oxygens (including phenoxy) is 3. The highest BCUT2D eigenvalue weighted by Gasteiger charge is 2.16. The van der Waals surface area contributed by atoms with Crippen molar-refractivity contribution in [3.63, 3.8) is 0 Å². The van der Waals surface area contributed by atoms with Gasteiger partial charge in [-0.15, -0.1) is 0 Å². The van der Waals surface area contributed by atoms with Gasteiger partial charge in [0.2, 0.25) is 5.91 Å². The van der Waals surface area contributed by atoms with Crippen LogP contribution in [-0.2, 0) is 4.79 Å². The van der Waals surface area contributed by atoms with Gasteiger partial charge in [0.05, 0.1) is 37.2 Å². The molecule has 3 aromatic rings. The lowest BCUT2D eigenvalue weighted by Gasteiger charge is -2.16. The molecule has 9 heteroatoms. The van der Waals surface area contributed by atoms with E-state index in [-0.39, 0.29) is 18.2 Å². The third-order valence-corrected chi connectivity index (χ3v) is 5.31. The monoisotopic (exact) mass is 502 g/mol. The van der Waals surface area contributed by atoms with Crippen molar-refractivity contribution in [2.75, 3.05) is 31.5 Å². The second kappa shape index (κ2) is 12.2. The normalized spacial score (nSPS) is 10.4. The first-order valence-corrected chi connectivity index (χ1v) is 11.2. The van der Waals surface area contributed by atoms with Crippen molar-refractivity contribution in [2.45, 2.75) is 12.8 Å². The molecule has 0 aliphatic rings. The summed E-state index contributed by atoms with van der Waals surface area (Å²) in [7, 11) is 2.95. The molecule has 0 saturated heterocycles. The summed E-state index contributed by atoms with van der Waals surface area (Å²) in [4.78, 5) is 25.0. The van der Waals surface area contributed by atoms with Crippen LogP contribution in [0.4, 0.5) is 11.4 Å². The van der Waals surface area contributed by atoms with Crippen molar-refractivity contribution < 1.29 is 23.8 Å². The van der Waals surface area contributed by atoms with Gasteiger partial charge in [-0.2, -0.15) is 0 Å². The van der Waals surface area contributed by atoms with E-state index in [1.54, 1.807) is 54.6 Å². The Bertz CT molecular complexity index is 1160. The van der Waals surface area contributed by atoms with E-state index in [0.29, 0.717) is 57.3 Å². The van der Waals surface area contributed by atoms with Crippen LogP contribution in [0.2, 0.25) is 10.0 Å². The molecule has 0 atom stereocenters. The lowest BCUT2D eigenvalue weighted by atomic mass is 10.2. The molecule has 0 aliphatic carbocycles. The molecule has 0 fully saturated rings. The van der Waals surface area contributed by atoms with Gasteiger partial charge in [0.1, 0.15) is 17.2 Å². The Morgan fingerprint density at radius 3 is 2.09 bits per heavy atom. The van der Waals surface area contributed by atoms with E-state index in [0.717, 1.165) is 0 Å². The number of hydrogen-bond acceptors (Lipinski definition) is 5. The van der Waals surface area contributed by atoms with E-state index in [1.165, 1.54) is 14.2 Å². The number of amides is 2.